The summed E-state index contributed by atoms with van der Waals surface area (Å²) in [4.78, 5) is 3.95. The Balaban J connectivity index is 0.000000127. The highest BCUT2D eigenvalue weighted by atomic mass is 14.7. The lowest BCUT2D eigenvalue weighted by atomic mass is 9.89. The zero-order chi connectivity index (χ0) is 12.1. The van der Waals surface area contributed by atoms with Gasteiger partial charge in [-0.25, -0.2) is 0 Å². The lowest BCUT2D eigenvalue weighted by Gasteiger charge is -2.16. The lowest BCUT2D eigenvalue weighted by molar-refractivity contribution is 0.359. The van der Waals surface area contributed by atoms with E-state index in [-0.39, 0.29) is 0 Å². The maximum absolute atomic E-state index is 5.36. The second kappa shape index (κ2) is 5.85. The Bertz CT molecular complexity index is 344. The topological polar surface area (TPSA) is 38.9 Å². The van der Waals surface area contributed by atoms with Crippen LogP contribution in [0.5, 0.6) is 0 Å². The third-order valence-electron chi connectivity index (χ3n) is 3.87. The fraction of sp³-hybridized carbons (Fsp3) is 0.533. The van der Waals surface area contributed by atoms with E-state index in [0.29, 0.717) is 5.70 Å². The Morgan fingerprint density at radius 3 is 2.29 bits per heavy atom. The summed E-state index contributed by atoms with van der Waals surface area (Å²) >= 11 is 0. The molecule has 0 saturated heterocycles. The summed E-state index contributed by atoms with van der Waals surface area (Å²) in [6.07, 6.45) is 11.0. The fourth-order valence-electron chi connectivity index (χ4n) is 2.95. The minimum atomic E-state index is 0.510. The van der Waals surface area contributed by atoms with E-state index in [9.17, 15) is 0 Å². The third kappa shape index (κ3) is 3.58. The Labute approximate surface area is 104 Å². The molecule has 1 aromatic heterocycles. The van der Waals surface area contributed by atoms with E-state index in [4.69, 9.17) is 5.73 Å². The zero-order valence-corrected chi connectivity index (χ0v) is 10.4. The quantitative estimate of drug-likeness (QED) is 0.800. The first-order chi connectivity index (χ1) is 8.25. The Kier molecular flexibility index (Phi) is 4.18. The molecule has 2 atom stereocenters. The van der Waals surface area contributed by atoms with Gasteiger partial charge >= 0.3 is 0 Å². The summed E-state index contributed by atoms with van der Waals surface area (Å²) in [7, 11) is 0. The van der Waals surface area contributed by atoms with Crippen LogP contribution in [0.15, 0.2) is 31.0 Å². The third-order valence-corrected chi connectivity index (χ3v) is 3.87. The normalized spacial score (nSPS) is 25.9. The van der Waals surface area contributed by atoms with Crippen molar-refractivity contribution in [2.45, 2.75) is 38.5 Å². The molecule has 0 aliphatic heterocycles. The van der Waals surface area contributed by atoms with E-state index < -0.39 is 0 Å². The predicted octanol–water partition coefficient (Wildman–Crippen LogP) is 3.60. The highest BCUT2D eigenvalue weighted by Crippen LogP contribution is 2.41. The Morgan fingerprint density at radius 2 is 1.88 bits per heavy atom. The van der Waals surface area contributed by atoms with Crippen LogP contribution in [-0.2, 0) is 0 Å². The van der Waals surface area contributed by atoms with Gasteiger partial charge in [0.2, 0.25) is 0 Å². The first kappa shape index (κ1) is 12.2. The molecule has 92 valence electrons. The van der Waals surface area contributed by atoms with Crippen molar-refractivity contribution in [3.8, 4) is 0 Å². The molecule has 0 spiro atoms. The van der Waals surface area contributed by atoms with Crippen LogP contribution in [0.1, 0.15) is 44.2 Å². The van der Waals surface area contributed by atoms with Crippen molar-refractivity contribution in [3.63, 3.8) is 0 Å². The zero-order valence-electron chi connectivity index (χ0n) is 10.4. The molecular weight excluding hydrogens is 208 g/mol. The van der Waals surface area contributed by atoms with Crippen molar-refractivity contribution in [1.82, 2.24) is 4.98 Å². The van der Waals surface area contributed by atoms with Crippen LogP contribution in [-0.4, -0.2) is 4.98 Å². The molecule has 2 nitrogen and oxygen atoms in total. The second-order valence-electron chi connectivity index (χ2n) is 5.22. The maximum Gasteiger partial charge on any atom is 0.0852 e. The first-order valence-electron chi connectivity index (χ1n) is 6.61. The van der Waals surface area contributed by atoms with Gasteiger partial charge < -0.3 is 5.73 Å². The fourth-order valence-corrected chi connectivity index (χ4v) is 2.95. The molecular formula is C15H22N2. The summed E-state index contributed by atoms with van der Waals surface area (Å²) in [6.45, 7) is 3.54. The first-order valence-corrected chi connectivity index (χ1v) is 6.61. The number of hydrogen-bond acceptors (Lipinski definition) is 2. The number of pyridine rings is 1. The van der Waals surface area contributed by atoms with Gasteiger partial charge in [-0.15, -0.1) is 0 Å². The van der Waals surface area contributed by atoms with Crippen molar-refractivity contribution in [3.05, 3.63) is 36.7 Å². The summed E-state index contributed by atoms with van der Waals surface area (Å²) in [5.41, 5.74) is 6.61. The van der Waals surface area contributed by atoms with Gasteiger partial charge in [-0.05, 0) is 30.4 Å². The molecule has 2 aliphatic carbocycles. The van der Waals surface area contributed by atoms with Crippen molar-refractivity contribution in [1.29, 1.82) is 0 Å². The van der Waals surface area contributed by atoms with Crippen LogP contribution in [0.4, 0.5) is 0 Å². The molecule has 2 heteroatoms. The number of aromatic nitrogens is 1. The summed E-state index contributed by atoms with van der Waals surface area (Å²) in [6, 6.07) is 5.54. The highest BCUT2D eigenvalue weighted by molar-refractivity contribution is 5.55. The van der Waals surface area contributed by atoms with Crippen LogP contribution >= 0.6 is 0 Å². The largest absolute Gasteiger partial charge is 0.397 e. The average molecular weight is 230 g/mol. The van der Waals surface area contributed by atoms with Crippen molar-refractivity contribution < 1.29 is 0 Å². The standard InChI is InChI=1S/C8H14.C7H8N2/c1-2-7-4-5-8(3-1)6-7;1-6(8)7-4-2-3-5-9-7/h7-8H,1-6H2;2-5H,1,8H2. The van der Waals surface area contributed by atoms with Crippen molar-refractivity contribution >= 4 is 5.70 Å². The molecule has 2 fully saturated rings. The molecule has 2 aliphatic rings. The van der Waals surface area contributed by atoms with Crippen LogP contribution in [0.25, 0.3) is 5.70 Å². The van der Waals surface area contributed by atoms with Crippen LogP contribution in [0.2, 0.25) is 0 Å². The monoisotopic (exact) mass is 230 g/mol. The number of nitrogens with two attached hydrogens (primary N) is 1. The molecule has 0 aromatic carbocycles. The highest BCUT2D eigenvalue weighted by Gasteiger charge is 2.27. The molecule has 2 saturated carbocycles. The Hall–Kier alpha value is -1.31. The SMILES string of the molecule is C1CC2CCC(C1)C2.C=C(N)c1ccccn1. The average Bonchev–Trinajstić information content (AvgIpc) is 2.70. The summed E-state index contributed by atoms with van der Waals surface area (Å²) in [5, 5.41) is 0. The molecule has 2 bridgehead atoms. The number of nitrogens with zero attached hydrogens (tertiary/aromatic N) is 1. The van der Waals surface area contributed by atoms with Crippen LogP contribution in [0, 0.1) is 11.8 Å². The van der Waals surface area contributed by atoms with Gasteiger partial charge in [0.1, 0.15) is 0 Å². The predicted molar refractivity (Wildman–Crippen MR) is 72.1 cm³/mol. The number of hydrogen-bond donors (Lipinski definition) is 1. The molecule has 1 aromatic rings. The van der Waals surface area contributed by atoms with Gasteiger partial charge in [-0.1, -0.05) is 44.7 Å². The summed E-state index contributed by atoms with van der Waals surface area (Å²) < 4.78 is 0. The van der Waals surface area contributed by atoms with E-state index in [1.165, 1.54) is 6.42 Å². The van der Waals surface area contributed by atoms with Gasteiger partial charge in [0, 0.05) is 6.20 Å². The molecule has 17 heavy (non-hydrogen) atoms. The molecule has 0 amide bonds. The van der Waals surface area contributed by atoms with E-state index in [2.05, 4.69) is 11.6 Å². The van der Waals surface area contributed by atoms with Crippen molar-refractivity contribution in [2.24, 2.45) is 17.6 Å². The second-order valence-corrected chi connectivity index (χ2v) is 5.22. The lowest BCUT2D eigenvalue weighted by Crippen LogP contribution is -2.03. The number of rotatable bonds is 1. The molecule has 1 heterocycles. The molecule has 2 unspecified atom stereocenters. The van der Waals surface area contributed by atoms with Crippen LogP contribution < -0.4 is 5.73 Å². The maximum atomic E-state index is 5.36. The minimum Gasteiger partial charge on any atom is -0.397 e. The van der Waals surface area contributed by atoms with Gasteiger partial charge in [0.05, 0.1) is 11.4 Å². The van der Waals surface area contributed by atoms with Gasteiger partial charge in [0.25, 0.3) is 0 Å². The summed E-state index contributed by atoms with van der Waals surface area (Å²) in [5.74, 6) is 2.32. The molecule has 3 rings (SSSR count). The van der Waals surface area contributed by atoms with Gasteiger partial charge in [-0.3, -0.25) is 4.98 Å². The van der Waals surface area contributed by atoms with Gasteiger partial charge in [-0.2, -0.15) is 0 Å². The van der Waals surface area contributed by atoms with E-state index in [1.807, 2.05) is 18.2 Å². The molecule has 2 N–H and O–H groups in total. The minimum absolute atomic E-state index is 0.510. The Morgan fingerprint density at radius 1 is 1.18 bits per heavy atom. The van der Waals surface area contributed by atoms with Crippen LogP contribution in [0.3, 0.4) is 0 Å². The van der Waals surface area contributed by atoms with E-state index in [1.54, 1.807) is 38.3 Å². The molecule has 0 radical (unpaired) electrons. The van der Waals surface area contributed by atoms with Crippen molar-refractivity contribution in [2.75, 3.05) is 0 Å². The van der Waals surface area contributed by atoms with E-state index in [0.717, 1.165) is 17.5 Å². The van der Waals surface area contributed by atoms with E-state index >= 15 is 0 Å². The number of fused-ring (bicyclic) bond motifs is 2. The smallest absolute Gasteiger partial charge is 0.0852 e. The van der Waals surface area contributed by atoms with Gasteiger partial charge in [0.15, 0.2) is 0 Å².